The summed E-state index contributed by atoms with van der Waals surface area (Å²) in [5, 5.41) is 0.130. The van der Waals surface area contributed by atoms with Gasteiger partial charge >= 0.3 is 5.69 Å². The molecule has 1 aromatic heterocycles. The van der Waals surface area contributed by atoms with E-state index in [2.05, 4.69) is 4.98 Å². The van der Waals surface area contributed by atoms with Crippen molar-refractivity contribution in [1.82, 2.24) is 9.55 Å². The Balaban J connectivity index is 1.79. The lowest BCUT2D eigenvalue weighted by atomic mass is 10.0. The molecule has 1 N–H and O–H groups in total. The molecule has 17 heavy (non-hydrogen) atoms. The van der Waals surface area contributed by atoms with Crippen LogP contribution in [0.25, 0.3) is 0 Å². The van der Waals surface area contributed by atoms with Crippen molar-refractivity contribution < 1.29 is 0 Å². The van der Waals surface area contributed by atoms with Crippen LogP contribution in [0, 0.1) is 23.7 Å². The zero-order valence-electron chi connectivity index (χ0n) is 9.23. The lowest BCUT2D eigenvalue weighted by molar-refractivity contribution is 0.437. The summed E-state index contributed by atoms with van der Waals surface area (Å²) in [6.45, 7) is 0. The molecule has 3 aliphatic carbocycles. The standard InChI is InChI=1S/C12H13ClN2O2/c13-7-4-8(16)15(12(17)14-7)11-9-5-1-2-6(3-5)10(9)11/h4-6,9-11H,1-3H2,(H,14,17). The lowest BCUT2D eigenvalue weighted by Gasteiger charge is -2.10. The molecule has 3 saturated carbocycles. The average Bonchev–Trinajstić information content (AvgIpc) is 2.67. The minimum absolute atomic E-state index is 0.130. The van der Waals surface area contributed by atoms with Crippen molar-refractivity contribution in [3.63, 3.8) is 0 Å². The number of fused-ring (bicyclic) bond motifs is 5. The summed E-state index contributed by atoms with van der Waals surface area (Å²) in [6.07, 6.45) is 3.87. The molecule has 0 saturated heterocycles. The predicted molar refractivity (Wildman–Crippen MR) is 63.2 cm³/mol. The third-order valence-electron chi connectivity index (χ3n) is 4.93. The first-order valence-electron chi connectivity index (χ1n) is 6.18. The highest BCUT2D eigenvalue weighted by atomic mass is 35.5. The average molecular weight is 253 g/mol. The first-order chi connectivity index (χ1) is 8.16. The Morgan fingerprint density at radius 1 is 1.24 bits per heavy atom. The molecular formula is C12H13ClN2O2. The SMILES string of the molecule is O=c1cc(Cl)[nH]c(=O)n1C1C2C3CCC(C3)C21. The van der Waals surface area contributed by atoms with Gasteiger partial charge in [0, 0.05) is 12.1 Å². The number of rotatable bonds is 1. The van der Waals surface area contributed by atoms with Crippen LogP contribution in [0.2, 0.25) is 5.15 Å². The molecule has 1 aromatic rings. The molecule has 0 spiro atoms. The molecule has 4 unspecified atom stereocenters. The Bertz CT molecular complexity index is 558. The van der Waals surface area contributed by atoms with Crippen LogP contribution in [0.15, 0.2) is 15.7 Å². The van der Waals surface area contributed by atoms with Crippen molar-refractivity contribution in [1.29, 1.82) is 0 Å². The van der Waals surface area contributed by atoms with Crippen LogP contribution in [0.5, 0.6) is 0 Å². The highest BCUT2D eigenvalue weighted by Gasteiger charge is 2.66. The molecule has 3 aliphatic rings. The maximum absolute atomic E-state index is 11.9. The summed E-state index contributed by atoms with van der Waals surface area (Å²) in [5.74, 6) is 2.65. The Hall–Kier alpha value is -1.03. The number of aromatic nitrogens is 2. The highest BCUT2D eigenvalue weighted by Crippen LogP contribution is 2.70. The van der Waals surface area contributed by atoms with Crippen LogP contribution in [0.1, 0.15) is 25.3 Å². The van der Waals surface area contributed by atoms with Gasteiger partial charge in [-0.3, -0.25) is 14.3 Å². The highest BCUT2D eigenvalue weighted by molar-refractivity contribution is 6.29. The fraction of sp³-hybridized carbons (Fsp3) is 0.667. The van der Waals surface area contributed by atoms with E-state index in [0.29, 0.717) is 11.8 Å². The summed E-state index contributed by atoms with van der Waals surface area (Å²) in [5.41, 5.74) is -0.598. The van der Waals surface area contributed by atoms with Gasteiger partial charge in [0.15, 0.2) is 0 Å². The summed E-state index contributed by atoms with van der Waals surface area (Å²) < 4.78 is 1.39. The Kier molecular flexibility index (Phi) is 1.78. The van der Waals surface area contributed by atoms with Gasteiger partial charge in [-0.25, -0.2) is 4.79 Å². The molecular weight excluding hydrogens is 240 g/mol. The van der Waals surface area contributed by atoms with Crippen LogP contribution in [-0.2, 0) is 0 Å². The molecule has 0 aliphatic heterocycles. The van der Waals surface area contributed by atoms with Crippen LogP contribution in [-0.4, -0.2) is 9.55 Å². The predicted octanol–water partition coefficient (Wildman–Crippen LogP) is 1.41. The lowest BCUT2D eigenvalue weighted by Crippen LogP contribution is -2.35. The van der Waals surface area contributed by atoms with Gasteiger partial charge in [0.25, 0.3) is 5.56 Å². The molecule has 1 heterocycles. The van der Waals surface area contributed by atoms with E-state index >= 15 is 0 Å². The van der Waals surface area contributed by atoms with Crippen molar-refractivity contribution in [3.8, 4) is 0 Å². The fourth-order valence-electron chi connectivity index (χ4n) is 4.38. The van der Waals surface area contributed by atoms with Crippen molar-refractivity contribution in [2.24, 2.45) is 23.7 Å². The summed E-state index contributed by atoms with van der Waals surface area (Å²) in [4.78, 5) is 26.2. The molecule has 4 atom stereocenters. The molecule has 0 radical (unpaired) electrons. The van der Waals surface area contributed by atoms with Crippen molar-refractivity contribution in [2.75, 3.05) is 0 Å². The number of H-pyrrole nitrogens is 1. The summed E-state index contributed by atoms with van der Waals surface area (Å²) in [7, 11) is 0. The zero-order valence-corrected chi connectivity index (χ0v) is 9.98. The smallest absolute Gasteiger partial charge is 0.298 e. The monoisotopic (exact) mass is 252 g/mol. The number of halogens is 1. The molecule has 0 amide bonds. The van der Waals surface area contributed by atoms with E-state index in [9.17, 15) is 9.59 Å². The number of nitrogens with one attached hydrogen (secondary N) is 1. The van der Waals surface area contributed by atoms with Gasteiger partial charge in [0.2, 0.25) is 0 Å². The number of nitrogens with zero attached hydrogens (tertiary/aromatic N) is 1. The molecule has 5 heteroatoms. The Labute approximate surface area is 103 Å². The van der Waals surface area contributed by atoms with Gasteiger partial charge in [-0.05, 0) is 42.9 Å². The van der Waals surface area contributed by atoms with E-state index in [1.54, 1.807) is 0 Å². The second-order valence-electron chi connectivity index (χ2n) is 5.61. The van der Waals surface area contributed by atoms with Gasteiger partial charge < -0.3 is 0 Å². The summed E-state index contributed by atoms with van der Waals surface area (Å²) >= 11 is 5.67. The largest absolute Gasteiger partial charge is 0.329 e. The quantitative estimate of drug-likeness (QED) is 0.769. The first-order valence-corrected chi connectivity index (χ1v) is 6.56. The van der Waals surface area contributed by atoms with Crippen molar-refractivity contribution in [3.05, 3.63) is 32.1 Å². The normalized spacial score (nSPS) is 41.6. The van der Waals surface area contributed by atoms with E-state index in [4.69, 9.17) is 11.6 Å². The Morgan fingerprint density at radius 2 is 1.88 bits per heavy atom. The maximum atomic E-state index is 11.9. The van der Waals surface area contributed by atoms with E-state index in [0.717, 1.165) is 11.8 Å². The zero-order chi connectivity index (χ0) is 11.7. The number of aromatic amines is 1. The van der Waals surface area contributed by atoms with E-state index < -0.39 is 0 Å². The second kappa shape index (κ2) is 3.05. The molecule has 90 valence electrons. The molecule has 4 rings (SSSR count). The molecule has 2 bridgehead atoms. The van der Waals surface area contributed by atoms with E-state index in [1.807, 2.05) is 0 Å². The third kappa shape index (κ3) is 1.19. The van der Waals surface area contributed by atoms with Crippen LogP contribution in [0.3, 0.4) is 0 Å². The van der Waals surface area contributed by atoms with E-state index in [1.165, 1.54) is 29.9 Å². The van der Waals surface area contributed by atoms with Gasteiger partial charge in [0.05, 0.1) is 0 Å². The maximum Gasteiger partial charge on any atom is 0.329 e. The van der Waals surface area contributed by atoms with Crippen LogP contribution < -0.4 is 11.2 Å². The number of hydrogen-bond acceptors (Lipinski definition) is 2. The molecule has 3 fully saturated rings. The van der Waals surface area contributed by atoms with E-state index in [-0.39, 0.29) is 22.4 Å². The van der Waals surface area contributed by atoms with Gasteiger partial charge in [-0.2, -0.15) is 0 Å². The Morgan fingerprint density at radius 3 is 2.47 bits per heavy atom. The van der Waals surface area contributed by atoms with Crippen LogP contribution in [0.4, 0.5) is 0 Å². The van der Waals surface area contributed by atoms with Crippen molar-refractivity contribution in [2.45, 2.75) is 25.3 Å². The third-order valence-corrected chi connectivity index (χ3v) is 5.13. The topological polar surface area (TPSA) is 54.9 Å². The first kappa shape index (κ1) is 9.95. The minimum Gasteiger partial charge on any atom is -0.298 e. The molecule has 0 aromatic carbocycles. The molecule has 4 nitrogen and oxygen atoms in total. The fourth-order valence-corrected chi connectivity index (χ4v) is 4.56. The van der Waals surface area contributed by atoms with Gasteiger partial charge in [-0.1, -0.05) is 11.6 Å². The van der Waals surface area contributed by atoms with Crippen molar-refractivity contribution >= 4 is 11.6 Å². The van der Waals surface area contributed by atoms with Gasteiger partial charge in [-0.15, -0.1) is 0 Å². The number of hydrogen-bond donors (Lipinski definition) is 1. The summed E-state index contributed by atoms with van der Waals surface area (Å²) in [6, 6.07) is 1.45. The minimum atomic E-state index is -0.346. The second-order valence-corrected chi connectivity index (χ2v) is 6.02. The van der Waals surface area contributed by atoms with Gasteiger partial charge in [0.1, 0.15) is 5.15 Å². The van der Waals surface area contributed by atoms with Crippen LogP contribution >= 0.6 is 11.6 Å².